The number of hydrogen-bond donors (Lipinski definition) is 0. The van der Waals surface area contributed by atoms with Gasteiger partial charge in [-0.25, -0.2) is 0 Å². The summed E-state index contributed by atoms with van der Waals surface area (Å²) < 4.78 is 11.4. The highest BCUT2D eigenvalue weighted by Crippen LogP contribution is 2.16. The Balaban J connectivity index is 2.30. The molecule has 0 bridgehead atoms. The average Bonchev–Trinajstić information content (AvgIpc) is 2.29. The molecule has 2 atom stereocenters. The molecule has 0 unspecified atom stereocenters. The van der Waals surface area contributed by atoms with Crippen LogP contribution in [0.15, 0.2) is 0 Å². The highest BCUT2D eigenvalue weighted by molar-refractivity contribution is 6.69. The molecule has 0 saturated carbocycles. The van der Waals surface area contributed by atoms with Crippen molar-refractivity contribution >= 4 is 8.32 Å². The van der Waals surface area contributed by atoms with E-state index in [2.05, 4.69) is 38.5 Å². The van der Waals surface area contributed by atoms with Crippen LogP contribution in [-0.2, 0) is 9.16 Å². The van der Waals surface area contributed by atoms with Crippen LogP contribution in [0.2, 0.25) is 19.6 Å². The predicted octanol–water partition coefficient (Wildman–Crippen LogP) is 1.51. The molecule has 0 spiro atoms. The zero-order valence-electron chi connectivity index (χ0n) is 9.33. The highest BCUT2D eigenvalue weighted by atomic mass is 28.4. The number of likely N-dealkylation sites (N-methyl/N-ethyl adjacent to an activating group) is 1. The largest absolute Gasteiger partial charge is 0.415 e. The molecule has 1 aliphatic rings. The smallest absolute Gasteiger partial charge is 0.183 e. The number of nitrogens with zero attached hydrogens (tertiary/aromatic N) is 1. The Morgan fingerprint density at radius 1 is 1.46 bits per heavy atom. The van der Waals surface area contributed by atoms with E-state index in [4.69, 9.17) is 9.16 Å². The fourth-order valence-electron chi connectivity index (χ4n) is 1.27. The van der Waals surface area contributed by atoms with E-state index in [-0.39, 0.29) is 6.10 Å². The van der Waals surface area contributed by atoms with Crippen LogP contribution in [0.3, 0.4) is 0 Å². The number of hydrogen-bond acceptors (Lipinski definition) is 3. The molecule has 0 aliphatic carbocycles. The van der Waals surface area contributed by atoms with Gasteiger partial charge in [-0.1, -0.05) is 0 Å². The molecule has 1 rings (SSSR count). The summed E-state index contributed by atoms with van der Waals surface area (Å²) in [6.07, 6.45) is 0.261. The third-order valence-electron chi connectivity index (χ3n) is 2.41. The first-order chi connectivity index (χ1) is 5.90. The van der Waals surface area contributed by atoms with Crippen LogP contribution in [0.4, 0.5) is 0 Å². The molecule has 0 aromatic carbocycles. The van der Waals surface area contributed by atoms with Crippen molar-refractivity contribution in [2.24, 2.45) is 0 Å². The van der Waals surface area contributed by atoms with Gasteiger partial charge in [-0.3, -0.25) is 4.90 Å². The molecule has 1 aliphatic heterocycles. The van der Waals surface area contributed by atoms with Crippen molar-refractivity contribution in [1.29, 1.82) is 0 Å². The Morgan fingerprint density at radius 3 is 2.46 bits per heavy atom. The van der Waals surface area contributed by atoms with Crippen LogP contribution in [0.1, 0.15) is 6.92 Å². The van der Waals surface area contributed by atoms with Gasteiger partial charge in [0.25, 0.3) is 0 Å². The second kappa shape index (κ2) is 4.08. The maximum Gasteiger partial charge on any atom is 0.183 e. The second-order valence-electron chi connectivity index (χ2n) is 4.76. The van der Waals surface area contributed by atoms with Gasteiger partial charge in [-0.05, 0) is 33.6 Å². The highest BCUT2D eigenvalue weighted by Gasteiger charge is 2.30. The van der Waals surface area contributed by atoms with Crippen molar-refractivity contribution in [3.63, 3.8) is 0 Å². The minimum Gasteiger partial charge on any atom is -0.415 e. The first kappa shape index (κ1) is 11.2. The van der Waals surface area contributed by atoms with Gasteiger partial charge in [-0.2, -0.15) is 0 Å². The van der Waals surface area contributed by atoms with E-state index in [0.29, 0.717) is 6.04 Å². The Bertz CT molecular complexity index is 169. The van der Waals surface area contributed by atoms with E-state index in [0.717, 1.165) is 13.3 Å². The van der Waals surface area contributed by atoms with E-state index in [1.54, 1.807) is 0 Å². The summed E-state index contributed by atoms with van der Waals surface area (Å²) in [6.45, 7) is 10.3. The number of ether oxygens (including phenoxy) is 1. The Morgan fingerprint density at radius 2 is 2.08 bits per heavy atom. The van der Waals surface area contributed by atoms with Gasteiger partial charge in [0.2, 0.25) is 0 Å². The SMILES string of the molecule is C[C@@H]1[C@H](CO[Si](C)(C)C)OCN1C. The average molecular weight is 203 g/mol. The van der Waals surface area contributed by atoms with Gasteiger partial charge in [0, 0.05) is 6.04 Å². The minimum atomic E-state index is -1.37. The monoisotopic (exact) mass is 203 g/mol. The van der Waals surface area contributed by atoms with Gasteiger partial charge in [0.1, 0.15) is 0 Å². The van der Waals surface area contributed by atoms with Crippen LogP contribution in [-0.4, -0.2) is 45.7 Å². The van der Waals surface area contributed by atoms with Crippen molar-refractivity contribution in [2.45, 2.75) is 38.7 Å². The molecule has 78 valence electrons. The molecular weight excluding hydrogens is 182 g/mol. The molecule has 0 N–H and O–H groups in total. The van der Waals surface area contributed by atoms with Gasteiger partial charge >= 0.3 is 0 Å². The maximum atomic E-state index is 5.82. The molecule has 1 fully saturated rings. The third kappa shape index (κ3) is 3.38. The van der Waals surface area contributed by atoms with E-state index >= 15 is 0 Å². The van der Waals surface area contributed by atoms with Crippen molar-refractivity contribution in [3.8, 4) is 0 Å². The third-order valence-corrected chi connectivity index (χ3v) is 3.44. The summed E-state index contributed by atoms with van der Waals surface area (Å²) in [5.41, 5.74) is 0. The molecule has 4 heteroatoms. The predicted molar refractivity (Wildman–Crippen MR) is 56.3 cm³/mol. The fourth-order valence-corrected chi connectivity index (χ4v) is 1.94. The first-order valence-electron chi connectivity index (χ1n) is 4.86. The van der Waals surface area contributed by atoms with Crippen LogP contribution in [0.25, 0.3) is 0 Å². The summed E-state index contributed by atoms with van der Waals surface area (Å²) in [4.78, 5) is 2.21. The molecule has 0 aromatic rings. The van der Waals surface area contributed by atoms with Gasteiger partial charge in [-0.15, -0.1) is 0 Å². The van der Waals surface area contributed by atoms with Gasteiger partial charge in [0.05, 0.1) is 19.4 Å². The molecule has 3 nitrogen and oxygen atoms in total. The Kier molecular flexibility index (Phi) is 3.51. The summed E-state index contributed by atoms with van der Waals surface area (Å²) in [5.74, 6) is 0. The Hall–Kier alpha value is 0.0969. The lowest BCUT2D eigenvalue weighted by molar-refractivity contribution is 0.0554. The van der Waals surface area contributed by atoms with Crippen LogP contribution < -0.4 is 0 Å². The summed E-state index contributed by atoms with van der Waals surface area (Å²) in [6, 6.07) is 0.483. The molecule has 0 amide bonds. The topological polar surface area (TPSA) is 21.7 Å². The van der Waals surface area contributed by atoms with Crippen LogP contribution in [0.5, 0.6) is 0 Å². The van der Waals surface area contributed by atoms with Gasteiger partial charge < -0.3 is 9.16 Å². The Labute approximate surface area is 82.1 Å². The van der Waals surface area contributed by atoms with E-state index < -0.39 is 8.32 Å². The maximum absolute atomic E-state index is 5.82. The zero-order chi connectivity index (χ0) is 10.1. The van der Waals surface area contributed by atoms with Crippen molar-refractivity contribution < 1.29 is 9.16 Å². The normalized spacial score (nSPS) is 31.2. The molecule has 1 saturated heterocycles. The second-order valence-corrected chi connectivity index (χ2v) is 9.27. The molecule has 0 aromatic heterocycles. The summed E-state index contributed by atoms with van der Waals surface area (Å²) in [7, 11) is 0.708. The minimum absolute atomic E-state index is 0.261. The van der Waals surface area contributed by atoms with Crippen LogP contribution in [0, 0.1) is 0 Å². The number of rotatable bonds is 3. The van der Waals surface area contributed by atoms with E-state index in [9.17, 15) is 0 Å². The quantitative estimate of drug-likeness (QED) is 0.649. The van der Waals surface area contributed by atoms with Crippen molar-refractivity contribution in [3.05, 3.63) is 0 Å². The van der Waals surface area contributed by atoms with Gasteiger partial charge in [0.15, 0.2) is 8.32 Å². The van der Waals surface area contributed by atoms with Crippen LogP contribution >= 0.6 is 0 Å². The van der Waals surface area contributed by atoms with Crippen molar-refractivity contribution in [1.82, 2.24) is 4.90 Å². The summed E-state index contributed by atoms with van der Waals surface area (Å²) >= 11 is 0. The molecule has 0 radical (unpaired) electrons. The summed E-state index contributed by atoms with van der Waals surface area (Å²) in [5, 5.41) is 0. The molecule has 1 heterocycles. The fraction of sp³-hybridized carbons (Fsp3) is 1.00. The van der Waals surface area contributed by atoms with Crippen molar-refractivity contribution in [2.75, 3.05) is 20.4 Å². The lowest BCUT2D eigenvalue weighted by Gasteiger charge is -2.23. The lowest BCUT2D eigenvalue weighted by atomic mass is 10.2. The standard InChI is InChI=1S/C9H21NO2Si/c1-8-9(11-7-10(8)2)6-12-13(3,4)5/h8-9H,6-7H2,1-5H3/t8-,9+/m1/s1. The molecular formula is C9H21NO2Si. The lowest BCUT2D eigenvalue weighted by Crippen LogP contribution is -2.36. The zero-order valence-corrected chi connectivity index (χ0v) is 10.3. The van der Waals surface area contributed by atoms with E-state index in [1.807, 2.05) is 0 Å². The molecule has 13 heavy (non-hydrogen) atoms. The first-order valence-corrected chi connectivity index (χ1v) is 8.27. The van der Waals surface area contributed by atoms with E-state index in [1.165, 1.54) is 0 Å².